The number of nitrogens with one attached hydrogen (secondary N) is 1. The van der Waals surface area contributed by atoms with Crippen LogP contribution >= 0.6 is 11.6 Å². The molecule has 0 atom stereocenters. The van der Waals surface area contributed by atoms with Crippen LogP contribution in [0.4, 0.5) is 4.79 Å². The molecule has 0 unspecified atom stereocenters. The fourth-order valence-electron chi connectivity index (χ4n) is 3.82. The van der Waals surface area contributed by atoms with Gasteiger partial charge in [0.25, 0.3) is 0 Å². The molecule has 122 valence electrons. The van der Waals surface area contributed by atoms with E-state index in [1.807, 2.05) is 16.6 Å². The van der Waals surface area contributed by atoms with Gasteiger partial charge >= 0.3 is 6.03 Å². The predicted octanol–water partition coefficient (Wildman–Crippen LogP) is 2.60. The van der Waals surface area contributed by atoms with Crippen molar-refractivity contribution < 1.29 is 4.79 Å². The molecule has 1 saturated carbocycles. The standard InChI is InChI=1S/C16H25ClN4O/c1-20-15-8-4-7-13(15)14(19-20)11-21(12-5-2-3-6-12)16(22)18-10-9-17/h12H,2-11H2,1H3,(H,18,22). The van der Waals surface area contributed by atoms with E-state index in [-0.39, 0.29) is 6.03 Å². The first-order valence-electron chi connectivity index (χ1n) is 8.34. The molecule has 2 amide bonds. The monoisotopic (exact) mass is 324 g/mol. The molecule has 1 heterocycles. The van der Waals surface area contributed by atoms with Crippen molar-refractivity contribution in [1.29, 1.82) is 0 Å². The van der Waals surface area contributed by atoms with Gasteiger partial charge in [0.05, 0.1) is 12.2 Å². The zero-order chi connectivity index (χ0) is 15.5. The van der Waals surface area contributed by atoms with Gasteiger partial charge in [0.2, 0.25) is 0 Å². The largest absolute Gasteiger partial charge is 0.337 e. The molecule has 0 aliphatic heterocycles. The first-order valence-corrected chi connectivity index (χ1v) is 8.88. The quantitative estimate of drug-likeness (QED) is 0.846. The van der Waals surface area contributed by atoms with Gasteiger partial charge in [-0.05, 0) is 37.7 Å². The van der Waals surface area contributed by atoms with Crippen molar-refractivity contribution in [2.75, 3.05) is 12.4 Å². The van der Waals surface area contributed by atoms with E-state index < -0.39 is 0 Å². The summed E-state index contributed by atoms with van der Waals surface area (Å²) in [6.07, 6.45) is 8.04. The van der Waals surface area contributed by atoms with Crippen LogP contribution in [0.2, 0.25) is 0 Å². The summed E-state index contributed by atoms with van der Waals surface area (Å²) in [5.74, 6) is 0.448. The van der Waals surface area contributed by atoms with E-state index in [0.29, 0.717) is 25.0 Å². The fraction of sp³-hybridized carbons (Fsp3) is 0.750. The Morgan fingerprint density at radius 3 is 2.86 bits per heavy atom. The van der Waals surface area contributed by atoms with Crippen LogP contribution in [0.15, 0.2) is 0 Å². The Kier molecular flexibility index (Phi) is 4.91. The number of carbonyl (C=O) groups excluding carboxylic acids is 1. The van der Waals surface area contributed by atoms with Crippen LogP contribution in [0.1, 0.15) is 49.1 Å². The van der Waals surface area contributed by atoms with E-state index in [2.05, 4.69) is 10.4 Å². The van der Waals surface area contributed by atoms with Gasteiger partial charge in [-0.2, -0.15) is 5.10 Å². The number of rotatable bonds is 5. The van der Waals surface area contributed by atoms with Gasteiger partial charge < -0.3 is 10.2 Å². The van der Waals surface area contributed by atoms with Crippen molar-refractivity contribution in [2.24, 2.45) is 7.05 Å². The Bertz CT molecular complexity index is 536. The maximum Gasteiger partial charge on any atom is 0.318 e. The van der Waals surface area contributed by atoms with Crippen LogP contribution in [0, 0.1) is 0 Å². The van der Waals surface area contributed by atoms with E-state index in [1.54, 1.807) is 0 Å². The Balaban J connectivity index is 1.77. The SMILES string of the molecule is Cn1nc(CN(C(=O)NCCCl)C2CCCC2)c2c1CCC2. The molecular weight excluding hydrogens is 300 g/mol. The van der Waals surface area contributed by atoms with Crippen molar-refractivity contribution in [3.8, 4) is 0 Å². The van der Waals surface area contributed by atoms with Crippen LogP contribution in [0.25, 0.3) is 0 Å². The zero-order valence-corrected chi connectivity index (χ0v) is 14.0. The van der Waals surface area contributed by atoms with Crippen LogP contribution in [-0.2, 0) is 26.4 Å². The lowest BCUT2D eigenvalue weighted by Crippen LogP contribution is -2.45. The third kappa shape index (κ3) is 3.09. The van der Waals surface area contributed by atoms with Crippen LogP contribution in [-0.4, -0.2) is 39.2 Å². The summed E-state index contributed by atoms with van der Waals surface area (Å²) in [6.45, 7) is 1.14. The van der Waals surface area contributed by atoms with Crippen molar-refractivity contribution in [3.05, 3.63) is 17.0 Å². The summed E-state index contributed by atoms with van der Waals surface area (Å²) >= 11 is 5.70. The number of hydrogen-bond acceptors (Lipinski definition) is 2. The Morgan fingerprint density at radius 1 is 1.36 bits per heavy atom. The van der Waals surface area contributed by atoms with E-state index in [9.17, 15) is 4.79 Å². The van der Waals surface area contributed by atoms with Crippen molar-refractivity contribution >= 4 is 17.6 Å². The van der Waals surface area contributed by atoms with Crippen molar-refractivity contribution in [1.82, 2.24) is 20.0 Å². The zero-order valence-electron chi connectivity index (χ0n) is 13.3. The summed E-state index contributed by atoms with van der Waals surface area (Å²) < 4.78 is 2.00. The average molecular weight is 325 g/mol. The lowest BCUT2D eigenvalue weighted by molar-refractivity contribution is 0.170. The molecule has 0 saturated heterocycles. The maximum atomic E-state index is 12.5. The van der Waals surface area contributed by atoms with E-state index >= 15 is 0 Å². The molecule has 6 heteroatoms. The number of alkyl halides is 1. The van der Waals surface area contributed by atoms with Gasteiger partial charge in [0.1, 0.15) is 0 Å². The second-order valence-corrected chi connectivity index (χ2v) is 6.71. The Labute approximate surface area is 137 Å². The summed E-state index contributed by atoms with van der Waals surface area (Å²) in [6, 6.07) is 0.347. The summed E-state index contributed by atoms with van der Waals surface area (Å²) in [4.78, 5) is 14.5. The molecule has 2 aliphatic rings. The van der Waals surface area contributed by atoms with E-state index in [4.69, 9.17) is 11.6 Å². The van der Waals surface area contributed by atoms with Crippen LogP contribution in [0.5, 0.6) is 0 Å². The van der Waals surface area contributed by atoms with Gasteiger partial charge in [-0.25, -0.2) is 4.79 Å². The molecule has 22 heavy (non-hydrogen) atoms. The third-order valence-corrected chi connectivity index (χ3v) is 5.10. The second kappa shape index (κ2) is 6.90. The maximum absolute atomic E-state index is 12.5. The molecular formula is C16H25ClN4O. The number of nitrogens with zero attached hydrogens (tertiary/aromatic N) is 3. The van der Waals surface area contributed by atoms with Gasteiger partial charge in [0.15, 0.2) is 0 Å². The molecule has 5 nitrogen and oxygen atoms in total. The number of fused-ring (bicyclic) bond motifs is 1. The minimum Gasteiger partial charge on any atom is -0.337 e. The fourth-order valence-corrected chi connectivity index (χ4v) is 3.92. The van der Waals surface area contributed by atoms with Crippen LogP contribution in [0.3, 0.4) is 0 Å². The number of carbonyl (C=O) groups is 1. The summed E-state index contributed by atoms with van der Waals surface area (Å²) in [7, 11) is 2.02. The number of urea groups is 1. The van der Waals surface area contributed by atoms with E-state index in [1.165, 1.54) is 30.5 Å². The van der Waals surface area contributed by atoms with Gasteiger partial charge in [0, 0.05) is 31.2 Å². The highest BCUT2D eigenvalue weighted by atomic mass is 35.5. The Morgan fingerprint density at radius 2 is 2.14 bits per heavy atom. The third-order valence-electron chi connectivity index (χ3n) is 4.92. The average Bonchev–Trinajstić information content (AvgIpc) is 3.22. The molecule has 2 aliphatic carbocycles. The molecule has 3 rings (SSSR count). The summed E-state index contributed by atoms with van der Waals surface area (Å²) in [5, 5.41) is 7.60. The number of aromatic nitrogens is 2. The van der Waals surface area contributed by atoms with Crippen molar-refractivity contribution in [2.45, 2.75) is 57.5 Å². The highest BCUT2D eigenvalue weighted by Crippen LogP contribution is 2.29. The lowest BCUT2D eigenvalue weighted by atomic mass is 10.1. The molecule has 1 N–H and O–H groups in total. The number of hydrogen-bond donors (Lipinski definition) is 1. The smallest absolute Gasteiger partial charge is 0.318 e. The van der Waals surface area contributed by atoms with Gasteiger partial charge in [-0.3, -0.25) is 4.68 Å². The molecule has 1 aromatic rings. The topological polar surface area (TPSA) is 50.2 Å². The van der Waals surface area contributed by atoms with Gasteiger partial charge in [-0.1, -0.05) is 12.8 Å². The molecule has 1 aromatic heterocycles. The summed E-state index contributed by atoms with van der Waals surface area (Å²) in [5.41, 5.74) is 3.81. The minimum absolute atomic E-state index is 0.00458. The predicted molar refractivity (Wildman–Crippen MR) is 87.2 cm³/mol. The number of amides is 2. The highest BCUT2D eigenvalue weighted by Gasteiger charge is 2.29. The number of halogens is 1. The van der Waals surface area contributed by atoms with Gasteiger partial charge in [-0.15, -0.1) is 11.6 Å². The molecule has 0 spiro atoms. The first kappa shape index (κ1) is 15.7. The van der Waals surface area contributed by atoms with Crippen LogP contribution < -0.4 is 5.32 Å². The minimum atomic E-state index is 0.00458. The molecule has 1 fully saturated rings. The Hall–Kier alpha value is -1.23. The normalized spacial score (nSPS) is 17.7. The van der Waals surface area contributed by atoms with Crippen molar-refractivity contribution in [3.63, 3.8) is 0 Å². The second-order valence-electron chi connectivity index (χ2n) is 6.34. The van der Waals surface area contributed by atoms with E-state index in [0.717, 1.165) is 31.4 Å². The molecule has 0 radical (unpaired) electrons. The molecule has 0 aromatic carbocycles. The first-order chi connectivity index (χ1) is 10.7. The number of aryl methyl sites for hydroxylation is 1. The lowest BCUT2D eigenvalue weighted by Gasteiger charge is -2.28. The molecule has 0 bridgehead atoms. The highest BCUT2D eigenvalue weighted by molar-refractivity contribution is 6.18.